The second-order valence-corrected chi connectivity index (χ2v) is 3.18. The number of aliphatic carboxylic acids is 1. The maximum atomic E-state index is 11.0. The van der Waals surface area contributed by atoms with Crippen LogP contribution in [0.2, 0.25) is 0 Å². The quantitative estimate of drug-likeness (QED) is 0.501. The topological polar surface area (TPSA) is 95.5 Å². The van der Waals surface area contributed by atoms with E-state index in [1.54, 1.807) is 0 Å². The number of piperidine rings is 1. The van der Waals surface area contributed by atoms with Crippen LogP contribution in [-0.4, -0.2) is 35.5 Å². The summed E-state index contributed by atoms with van der Waals surface area (Å²) in [7, 11) is 0. The van der Waals surface area contributed by atoms with Gasteiger partial charge < -0.3 is 15.7 Å². The first kappa shape index (κ1) is 10.5. The summed E-state index contributed by atoms with van der Waals surface area (Å²) < 4.78 is 0. The Morgan fingerprint density at radius 3 is 2.79 bits per heavy atom. The van der Waals surface area contributed by atoms with E-state index in [2.05, 4.69) is 10.6 Å². The molecule has 1 aliphatic rings. The predicted molar refractivity (Wildman–Crippen MR) is 46.4 cm³/mol. The Balaban J connectivity index is 2.27. The number of amides is 2. The first-order chi connectivity index (χ1) is 6.58. The van der Waals surface area contributed by atoms with Crippen molar-refractivity contribution in [3.05, 3.63) is 0 Å². The van der Waals surface area contributed by atoms with Crippen molar-refractivity contribution in [2.45, 2.75) is 25.3 Å². The highest BCUT2D eigenvalue weighted by Gasteiger charge is 2.20. The van der Waals surface area contributed by atoms with Crippen LogP contribution in [0.5, 0.6) is 0 Å². The molecular weight excluding hydrogens is 188 g/mol. The van der Waals surface area contributed by atoms with Gasteiger partial charge in [0.15, 0.2) is 0 Å². The molecule has 1 heterocycles. The highest BCUT2D eigenvalue weighted by molar-refractivity contribution is 5.93. The highest BCUT2D eigenvalue weighted by Crippen LogP contribution is 2.02. The SMILES string of the molecule is O=C(O)CC(=O)NC1CCC(=O)NC1. The predicted octanol–water partition coefficient (Wildman–Crippen LogP) is -1.14. The van der Waals surface area contributed by atoms with Gasteiger partial charge in [-0.3, -0.25) is 14.4 Å². The lowest BCUT2D eigenvalue weighted by Gasteiger charge is -2.23. The van der Waals surface area contributed by atoms with Gasteiger partial charge in [0.25, 0.3) is 0 Å². The molecule has 1 fully saturated rings. The molecular formula is C8H12N2O4. The van der Waals surface area contributed by atoms with Crippen LogP contribution in [0.4, 0.5) is 0 Å². The van der Waals surface area contributed by atoms with Gasteiger partial charge in [-0.25, -0.2) is 0 Å². The highest BCUT2D eigenvalue weighted by atomic mass is 16.4. The average Bonchev–Trinajstić information content (AvgIpc) is 2.07. The standard InChI is InChI=1S/C8H12N2O4/c11-6-2-1-5(4-9-6)10-7(12)3-8(13)14/h5H,1-4H2,(H,9,11)(H,10,12)(H,13,14). The molecule has 1 aliphatic heterocycles. The monoisotopic (exact) mass is 200 g/mol. The van der Waals surface area contributed by atoms with E-state index in [0.717, 1.165) is 0 Å². The number of nitrogens with one attached hydrogen (secondary N) is 2. The van der Waals surface area contributed by atoms with Gasteiger partial charge in [-0.15, -0.1) is 0 Å². The Hall–Kier alpha value is -1.59. The molecule has 0 aromatic carbocycles. The maximum Gasteiger partial charge on any atom is 0.312 e. The van der Waals surface area contributed by atoms with E-state index in [9.17, 15) is 14.4 Å². The number of carboxylic acid groups (broad SMARTS) is 1. The van der Waals surface area contributed by atoms with E-state index in [-0.39, 0.29) is 11.9 Å². The first-order valence-corrected chi connectivity index (χ1v) is 4.36. The largest absolute Gasteiger partial charge is 0.481 e. The minimum Gasteiger partial charge on any atom is -0.481 e. The molecule has 0 aliphatic carbocycles. The molecule has 0 radical (unpaired) electrons. The van der Waals surface area contributed by atoms with Crippen molar-refractivity contribution in [2.24, 2.45) is 0 Å². The molecule has 14 heavy (non-hydrogen) atoms. The molecule has 6 nitrogen and oxygen atoms in total. The van der Waals surface area contributed by atoms with Crippen molar-refractivity contribution in [1.82, 2.24) is 10.6 Å². The van der Waals surface area contributed by atoms with Gasteiger partial charge in [-0.05, 0) is 6.42 Å². The number of carboxylic acids is 1. The molecule has 2 amide bonds. The lowest BCUT2D eigenvalue weighted by molar-refractivity contribution is -0.141. The minimum atomic E-state index is -1.15. The van der Waals surface area contributed by atoms with Crippen molar-refractivity contribution in [3.8, 4) is 0 Å². The van der Waals surface area contributed by atoms with Crippen LogP contribution in [0.15, 0.2) is 0 Å². The number of hydrogen-bond donors (Lipinski definition) is 3. The molecule has 1 saturated heterocycles. The van der Waals surface area contributed by atoms with E-state index < -0.39 is 18.3 Å². The van der Waals surface area contributed by atoms with Crippen LogP contribution in [0.1, 0.15) is 19.3 Å². The molecule has 0 spiro atoms. The van der Waals surface area contributed by atoms with Crippen LogP contribution in [0.25, 0.3) is 0 Å². The van der Waals surface area contributed by atoms with Gasteiger partial charge in [0.1, 0.15) is 6.42 Å². The summed E-state index contributed by atoms with van der Waals surface area (Å²) in [5.74, 6) is -1.70. The zero-order valence-corrected chi connectivity index (χ0v) is 7.58. The Bertz CT molecular complexity index is 254. The second kappa shape index (κ2) is 4.59. The summed E-state index contributed by atoms with van der Waals surface area (Å²) in [6.45, 7) is 0.379. The van der Waals surface area contributed by atoms with Gasteiger partial charge in [-0.2, -0.15) is 0 Å². The molecule has 6 heteroatoms. The molecule has 1 unspecified atom stereocenters. The van der Waals surface area contributed by atoms with E-state index in [1.807, 2.05) is 0 Å². The normalized spacial score (nSPS) is 21.1. The summed E-state index contributed by atoms with van der Waals surface area (Å²) in [5.41, 5.74) is 0. The Labute approximate surface area is 80.7 Å². The van der Waals surface area contributed by atoms with E-state index in [0.29, 0.717) is 19.4 Å². The van der Waals surface area contributed by atoms with Crippen molar-refractivity contribution in [1.29, 1.82) is 0 Å². The lowest BCUT2D eigenvalue weighted by atomic mass is 10.1. The third-order valence-corrected chi connectivity index (χ3v) is 1.94. The van der Waals surface area contributed by atoms with Gasteiger partial charge in [0.05, 0.1) is 0 Å². The molecule has 0 bridgehead atoms. The molecule has 0 aromatic heterocycles. The van der Waals surface area contributed by atoms with Crippen LogP contribution < -0.4 is 10.6 Å². The second-order valence-electron chi connectivity index (χ2n) is 3.18. The fraction of sp³-hybridized carbons (Fsp3) is 0.625. The zero-order valence-electron chi connectivity index (χ0n) is 7.58. The smallest absolute Gasteiger partial charge is 0.312 e. The van der Waals surface area contributed by atoms with Gasteiger partial charge in [-0.1, -0.05) is 0 Å². The first-order valence-electron chi connectivity index (χ1n) is 4.36. The van der Waals surface area contributed by atoms with Crippen LogP contribution in [-0.2, 0) is 14.4 Å². The zero-order chi connectivity index (χ0) is 10.6. The van der Waals surface area contributed by atoms with Crippen molar-refractivity contribution in [2.75, 3.05) is 6.54 Å². The fourth-order valence-corrected chi connectivity index (χ4v) is 1.27. The van der Waals surface area contributed by atoms with Gasteiger partial charge in [0.2, 0.25) is 11.8 Å². The van der Waals surface area contributed by atoms with Crippen LogP contribution in [0.3, 0.4) is 0 Å². The van der Waals surface area contributed by atoms with Crippen molar-refractivity contribution >= 4 is 17.8 Å². The average molecular weight is 200 g/mol. The summed E-state index contributed by atoms with van der Waals surface area (Å²) >= 11 is 0. The Morgan fingerprint density at radius 2 is 2.29 bits per heavy atom. The minimum absolute atomic E-state index is 0.0336. The molecule has 3 N–H and O–H groups in total. The number of rotatable bonds is 3. The molecule has 0 aromatic rings. The summed E-state index contributed by atoms with van der Waals surface area (Å²) in [6.07, 6.45) is 0.416. The molecule has 0 saturated carbocycles. The third-order valence-electron chi connectivity index (χ3n) is 1.94. The van der Waals surface area contributed by atoms with Crippen LogP contribution >= 0.6 is 0 Å². The van der Waals surface area contributed by atoms with E-state index in [4.69, 9.17) is 5.11 Å². The number of carbonyl (C=O) groups is 3. The fourth-order valence-electron chi connectivity index (χ4n) is 1.27. The summed E-state index contributed by atoms with van der Waals surface area (Å²) in [4.78, 5) is 31.9. The van der Waals surface area contributed by atoms with Crippen molar-refractivity contribution < 1.29 is 19.5 Å². The Kier molecular flexibility index (Phi) is 3.44. The third kappa shape index (κ3) is 3.42. The maximum absolute atomic E-state index is 11.0. The number of hydrogen-bond acceptors (Lipinski definition) is 3. The van der Waals surface area contributed by atoms with E-state index >= 15 is 0 Å². The van der Waals surface area contributed by atoms with Gasteiger partial charge >= 0.3 is 5.97 Å². The van der Waals surface area contributed by atoms with Crippen molar-refractivity contribution in [3.63, 3.8) is 0 Å². The van der Waals surface area contributed by atoms with E-state index in [1.165, 1.54) is 0 Å². The molecule has 78 valence electrons. The molecule has 1 rings (SSSR count). The Morgan fingerprint density at radius 1 is 1.57 bits per heavy atom. The lowest BCUT2D eigenvalue weighted by Crippen LogP contribution is -2.48. The molecule has 1 atom stereocenters. The van der Waals surface area contributed by atoms with Crippen LogP contribution in [0, 0.1) is 0 Å². The number of carbonyl (C=O) groups excluding carboxylic acids is 2. The summed E-state index contributed by atoms with van der Waals surface area (Å²) in [5, 5.41) is 13.5. The summed E-state index contributed by atoms with van der Waals surface area (Å²) in [6, 6.07) is -0.139. The van der Waals surface area contributed by atoms with Gasteiger partial charge in [0, 0.05) is 19.0 Å².